The molecule has 2 N–H and O–H groups in total. The number of nitrogens with zero attached hydrogens (tertiary/aromatic N) is 1. The molecular formula is C15H30N2S. The molecule has 1 aliphatic carbocycles. The molecule has 2 nitrogen and oxygen atoms in total. The molecule has 1 saturated heterocycles. The Morgan fingerprint density at radius 3 is 2.83 bits per heavy atom. The van der Waals surface area contributed by atoms with Crippen molar-refractivity contribution in [3.63, 3.8) is 0 Å². The number of thioether (sulfide) groups is 1. The Hall–Kier alpha value is 0.270. The van der Waals surface area contributed by atoms with Crippen molar-refractivity contribution in [3.8, 4) is 0 Å². The van der Waals surface area contributed by atoms with Gasteiger partial charge in [-0.25, -0.2) is 0 Å². The molecule has 0 spiro atoms. The zero-order valence-electron chi connectivity index (χ0n) is 12.2. The van der Waals surface area contributed by atoms with Crippen molar-refractivity contribution < 1.29 is 0 Å². The standard InChI is InChI=1S/C15H30N2S/c1-3-14-5-4-7-15(12-16,8-6-14)17-9-10-18-13(2)11-17/h13-14H,3-12,16H2,1-2H3. The summed E-state index contributed by atoms with van der Waals surface area (Å²) in [6.07, 6.45) is 8.22. The second-order valence-electron chi connectivity index (χ2n) is 6.26. The third-order valence-electron chi connectivity index (χ3n) is 5.14. The highest BCUT2D eigenvalue weighted by Crippen LogP contribution is 2.37. The Labute approximate surface area is 117 Å². The predicted molar refractivity (Wildman–Crippen MR) is 82.1 cm³/mol. The molecule has 0 aromatic rings. The Bertz CT molecular complexity index is 259. The Morgan fingerprint density at radius 1 is 1.33 bits per heavy atom. The van der Waals surface area contributed by atoms with Crippen LogP contribution < -0.4 is 5.73 Å². The van der Waals surface area contributed by atoms with Gasteiger partial charge in [0.1, 0.15) is 0 Å². The molecule has 3 atom stereocenters. The van der Waals surface area contributed by atoms with Crippen LogP contribution in [0.3, 0.4) is 0 Å². The molecular weight excluding hydrogens is 240 g/mol. The molecule has 0 aromatic carbocycles. The lowest BCUT2D eigenvalue weighted by Gasteiger charge is -2.46. The van der Waals surface area contributed by atoms with Gasteiger partial charge in [0.15, 0.2) is 0 Å². The second-order valence-corrected chi connectivity index (χ2v) is 7.81. The summed E-state index contributed by atoms with van der Waals surface area (Å²) < 4.78 is 0. The van der Waals surface area contributed by atoms with Crippen LogP contribution in [0.2, 0.25) is 0 Å². The van der Waals surface area contributed by atoms with E-state index in [-0.39, 0.29) is 0 Å². The zero-order chi connectivity index (χ0) is 13.0. The first-order valence-electron chi connectivity index (χ1n) is 7.77. The summed E-state index contributed by atoms with van der Waals surface area (Å²) in [5.41, 5.74) is 6.55. The van der Waals surface area contributed by atoms with Crippen molar-refractivity contribution in [2.75, 3.05) is 25.4 Å². The van der Waals surface area contributed by atoms with E-state index < -0.39 is 0 Å². The average Bonchev–Trinajstić information content (AvgIpc) is 2.61. The Morgan fingerprint density at radius 2 is 2.17 bits per heavy atom. The van der Waals surface area contributed by atoms with Gasteiger partial charge >= 0.3 is 0 Å². The lowest BCUT2D eigenvalue weighted by Crippen LogP contribution is -2.57. The van der Waals surface area contributed by atoms with E-state index in [0.29, 0.717) is 5.54 Å². The molecule has 1 heterocycles. The molecule has 0 aromatic heterocycles. The molecule has 18 heavy (non-hydrogen) atoms. The molecule has 2 rings (SSSR count). The van der Waals surface area contributed by atoms with Crippen LogP contribution in [0.25, 0.3) is 0 Å². The van der Waals surface area contributed by atoms with Crippen LogP contribution >= 0.6 is 11.8 Å². The molecule has 3 heteroatoms. The summed E-state index contributed by atoms with van der Waals surface area (Å²) >= 11 is 2.12. The van der Waals surface area contributed by atoms with E-state index in [9.17, 15) is 0 Å². The van der Waals surface area contributed by atoms with Crippen molar-refractivity contribution in [2.45, 2.75) is 63.2 Å². The normalized spacial score (nSPS) is 39.5. The van der Waals surface area contributed by atoms with Gasteiger partial charge in [-0.05, 0) is 25.2 Å². The van der Waals surface area contributed by atoms with Gasteiger partial charge in [-0.2, -0.15) is 11.8 Å². The van der Waals surface area contributed by atoms with E-state index in [1.165, 1.54) is 57.4 Å². The zero-order valence-corrected chi connectivity index (χ0v) is 13.0. The maximum absolute atomic E-state index is 6.22. The van der Waals surface area contributed by atoms with Gasteiger partial charge in [0.25, 0.3) is 0 Å². The Balaban J connectivity index is 2.04. The molecule has 0 amide bonds. The van der Waals surface area contributed by atoms with E-state index in [1.54, 1.807) is 0 Å². The van der Waals surface area contributed by atoms with Crippen molar-refractivity contribution in [3.05, 3.63) is 0 Å². The highest BCUT2D eigenvalue weighted by atomic mass is 32.2. The van der Waals surface area contributed by atoms with Gasteiger partial charge in [0, 0.05) is 36.2 Å². The highest BCUT2D eigenvalue weighted by Gasteiger charge is 2.38. The summed E-state index contributed by atoms with van der Waals surface area (Å²) in [7, 11) is 0. The lowest BCUT2D eigenvalue weighted by molar-refractivity contribution is 0.0816. The minimum absolute atomic E-state index is 0.332. The fourth-order valence-corrected chi connectivity index (χ4v) is 4.78. The monoisotopic (exact) mass is 270 g/mol. The average molecular weight is 270 g/mol. The second kappa shape index (κ2) is 6.62. The van der Waals surface area contributed by atoms with Crippen molar-refractivity contribution in [1.29, 1.82) is 0 Å². The third kappa shape index (κ3) is 3.23. The maximum Gasteiger partial charge on any atom is 0.0332 e. The minimum atomic E-state index is 0.332. The molecule has 2 fully saturated rings. The van der Waals surface area contributed by atoms with Crippen LogP contribution in [0.5, 0.6) is 0 Å². The van der Waals surface area contributed by atoms with E-state index in [0.717, 1.165) is 17.7 Å². The first-order valence-corrected chi connectivity index (χ1v) is 8.82. The van der Waals surface area contributed by atoms with Crippen LogP contribution in [0, 0.1) is 5.92 Å². The van der Waals surface area contributed by atoms with Gasteiger partial charge in [-0.15, -0.1) is 0 Å². The SMILES string of the molecule is CCC1CCCC(CN)(N2CCSC(C)C2)CC1. The highest BCUT2D eigenvalue weighted by molar-refractivity contribution is 7.99. The summed E-state index contributed by atoms with van der Waals surface area (Å²) in [5, 5.41) is 0.785. The molecule has 1 saturated carbocycles. The lowest BCUT2D eigenvalue weighted by atomic mass is 9.87. The topological polar surface area (TPSA) is 29.3 Å². The summed E-state index contributed by atoms with van der Waals surface area (Å²) in [4.78, 5) is 2.74. The van der Waals surface area contributed by atoms with E-state index >= 15 is 0 Å². The fourth-order valence-electron chi connectivity index (χ4n) is 3.77. The van der Waals surface area contributed by atoms with E-state index in [2.05, 4.69) is 30.5 Å². The molecule has 106 valence electrons. The van der Waals surface area contributed by atoms with Crippen LogP contribution in [0.1, 0.15) is 52.4 Å². The first-order chi connectivity index (χ1) is 8.70. The van der Waals surface area contributed by atoms with E-state index in [1.807, 2.05) is 0 Å². The van der Waals surface area contributed by atoms with Crippen molar-refractivity contribution >= 4 is 11.8 Å². The molecule has 0 radical (unpaired) electrons. The third-order valence-corrected chi connectivity index (χ3v) is 6.28. The Kier molecular flexibility index (Phi) is 5.40. The molecule has 2 aliphatic rings. The molecule has 0 bridgehead atoms. The van der Waals surface area contributed by atoms with Crippen molar-refractivity contribution in [1.82, 2.24) is 4.90 Å². The van der Waals surface area contributed by atoms with Gasteiger partial charge in [-0.1, -0.05) is 33.1 Å². The minimum Gasteiger partial charge on any atom is -0.329 e. The van der Waals surface area contributed by atoms with Crippen LogP contribution in [0.4, 0.5) is 0 Å². The number of nitrogens with two attached hydrogens (primary N) is 1. The number of rotatable bonds is 3. The van der Waals surface area contributed by atoms with Crippen LogP contribution in [-0.4, -0.2) is 41.1 Å². The quantitative estimate of drug-likeness (QED) is 0.799. The maximum atomic E-state index is 6.22. The number of hydrogen-bond donors (Lipinski definition) is 1. The first kappa shape index (κ1) is 14.7. The fraction of sp³-hybridized carbons (Fsp3) is 1.00. The van der Waals surface area contributed by atoms with Gasteiger partial charge < -0.3 is 5.73 Å². The predicted octanol–water partition coefficient (Wildman–Crippen LogP) is 3.11. The summed E-state index contributed by atoms with van der Waals surface area (Å²) in [6, 6.07) is 0. The van der Waals surface area contributed by atoms with Gasteiger partial charge in [0.2, 0.25) is 0 Å². The van der Waals surface area contributed by atoms with Gasteiger partial charge in [-0.3, -0.25) is 4.90 Å². The van der Waals surface area contributed by atoms with Crippen LogP contribution in [0.15, 0.2) is 0 Å². The summed E-state index contributed by atoms with van der Waals surface area (Å²) in [6.45, 7) is 8.08. The summed E-state index contributed by atoms with van der Waals surface area (Å²) in [5.74, 6) is 2.25. The van der Waals surface area contributed by atoms with Gasteiger partial charge in [0.05, 0.1) is 0 Å². The van der Waals surface area contributed by atoms with Crippen LogP contribution in [-0.2, 0) is 0 Å². The van der Waals surface area contributed by atoms with E-state index in [4.69, 9.17) is 5.73 Å². The van der Waals surface area contributed by atoms with Crippen molar-refractivity contribution in [2.24, 2.45) is 11.7 Å². The number of hydrogen-bond acceptors (Lipinski definition) is 3. The smallest absolute Gasteiger partial charge is 0.0332 e. The molecule has 1 aliphatic heterocycles. The molecule has 3 unspecified atom stereocenters. The largest absolute Gasteiger partial charge is 0.329 e.